The Kier molecular flexibility index (Phi) is 4.91. The van der Waals surface area contributed by atoms with E-state index < -0.39 is 12.1 Å². The lowest BCUT2D eigenvalue weighted by Gasteiger charge is -2.29. The molecule has 0 amide bonds. The predicted molar refractivity (Wildman–Crippen MR) is 104 cm³/mol. The van der Waals surface area contributed by atoms with Crippen LogP contribution in [0.3, 0.4) is 0 Å². The lowest BCUT2D eigenvalue weighted by Crippen LogP contribution is -2.30. The number of anilines is 2. The predicted octanol–water partition coefficient (Wildman–Crippen LogP) is 5.44. The highest BCUT2D eigenvalue weighted by Crippen LogP contribution is 2.40. The number of hydrogen-bond donors (Lipinski definition) is 2. The average molecular weight is 389 g/mol. The van der Waals surface area contributed by atoms with E-state index in [9.17, 15) is 18.0 Å². The Morgan fingerprint density at radius 1 is 1.00 bits per heavy atom. The highest BCUT2D eigenvalue weighted by Gasteiger charge is 2.41. The molecule has 7 heteroatoms. The Balaban J connectivity index is 1.49. The van der Waals surface area contributed by atoms with Crippen molar-refractivity contribution in [1.82, 2.24) is 9.55 Å². The smallest absolute Gasteiger partial charge is 0.355 e. The monoisotopic (exact) mass is 389 g/mol. The molecule has 4 nitrogen and oxygen atoms in total. The van der Waals surface area contributed by atoms with Gasteiger partial charge in [-0.25, -0.2) is 4.79 Å². The van der Waals surface area contributed by atoms with E-state index in [1.807, 2.05) is 48.5 Å². The van der Waals surface area contributed by atoms with Crippen molar-refractivity contribution >= 4 is 22.4 Å². The Labute approximate surface area is 160 Å². The van der Waals surface area contributed by atoms with Gasteiger partial charge in [-0.3, -0.25) is 4.57 Å². The normalized spacial score (nSPS) is 20.4. The summed E-state index contributed by atoms with van der Waals surface area (Å²) in [7, 11) is 0. The summed E-state index contributed by atoms with van der Waals surface area (Å²) in [5.41, 5.74) is 3.09. The maximum Gasteiger partial charge on any atom is 0.391 e. The topological polar surface area (TPSA) is 49.8 Å². The van der Waals surface area contributed by atoms with Crippen molar-refractivity contribution in [2.45, 2.75) is 38.4 Å². The maximum absolute atomic E-state index is 12.8. The van der Waals surface area contributed by atoms with Gasteiger partial charge in [0.05, 0.1) is 17.0 Å². The number of rotatable bonds is 4. The molecular weight excluding hydrogens is 367 g/mol. The number of imidazole rings is 1. The summed E-state index contributed by atoms with van der Waals surface area (Å²) >= 11 is 0. The van der Waals surface area contributed by atoms with E-state index in [0.29, 0.717) is 19.4 Å². The second kappa shape index (κ2) is 7.37. The lowest BCUT2D eigenvalue weighted by atomic mass is 9.81. The molecule has 0 unspecified atom stereocenters. The van der Waals surface area contributed by atoms with Gasteiger partial charge in [0.1, 0.15) is 0 Å². The largest absolute Gasteiger partial charge is 0.391 e. The molecule has 1 aromatic heterocycles. The Hall–Kier alpha value is -2.70. The second-order valence-electron chi connectivity index (χ2n) is 7.52. The molecule has 0 saturated heterocycles. The molecule has 148 valence electrons. The molecule has 28 heavy (non-hydrogen) atoms. The third-order valence-corrected chi connectivity index (χ3v) is 5.59. The summed E-state index contributed by atoms with van der Waals surface area (Å²) in [5.74, 6) is -1.10. The SMILES string of the molecule is O=c1[nH]c2cc(Nc3ccccc3)ccc2n1CC1CCC(C(F)(F)F)CC1. The van der Waals surface area contributed by atoms with Crippen molar-refractivity contribution in [3.63, 3.8) is 0 Å². The van der Waals surface area contributed by atoms with Crippen LogP contribution < -0.4 is 11.0 Å². The molecule has 0 spiro atoms. The minimum atomic E-state index is -4.11. The fraction of sp³-hybridized carbons (Fsp3) is 0.381. The van der Waals surface area contributed by atoms with E-state index >= 15 is 0 Å². The van der Waals surface area contributed by atoms with Crippen LogP contribution in [-0.4, -0.2) is 15.7 Å². The van der Waals surface area contributed by atoms with E-state index in [4.69, 9.17) is 0 Å². The molecular formula is C21H22F3N3O. The highest BCUT2D eigenvalue weighted by atomic mass is 19.4. The molecule has 1 heterocycles. The number of nitrogens with zero attached hydrogens (tertiary/aromatic N) is 1. The molecule has 3 aromatic rings. The van der Waals surface area contributed by atoms with Crippen LogP contribution in [0.1, 0.15) is 25.7 Å². The lowest BCUT2D eigenvalue weighted by molar-refractivity contribution is -0.184. The summed E-state index contributed by atoms with van der Waals surface area (Å²) in [6, 6.07) is 15.4. The summed E-state index contributed by atoms with van der Waals surface area (Å²) in [6.45, 7) is 0.453. The first-order chi connectivity index (χ1) is 13.4. The van der Waals surface area contributed by atoms with Crippen LogP contribution in [0.2, 0.25) is 0 Å². The van der Waals surface area contributed by atoms with Gasteiger partial charge in [0.2, 0.25) is 0 Å². The number of halogens is 3. The van der Waals surface area contributed by atoms with E-state index in [-0.39, 0.29) is 24.4 Å². The quantitative estimate of drug-likeness (QED) is 0.624. The number of para-hydroxylation sites is 1. The van der Waals surface area contributed by atoms with Crippen molar-refractivity contribution in [3.8, 4) is 0 Å². The molecule has 4 rings (SSSR count). The molecule has 1 fully saturated rings. The van der Waals surface area contributed by atoms with Gasteiger partial charge in [-0.2, -0.15) is 13.2 Å². The zero-order valence-corrected chi connectivity index (χ0v) is 15.3. The number of H-pyrrole nitrogens is 1. The van der Waals surface area contributed by atoms with E-state index in [1.54, 1.807) is 4.57 Å². The fourth-order valence-electron chi connectivity index (χ4n) is 4.04. The minimum absolute atomic E-state index is 0.0948. The number of aromatic nitrogens is 2. The van der Waals surface area contributed by atoms with Crippen molar-refractivity contribution < 1.29 is 13.2 Å². The molecule has 0 atom stereocenters. The van der Waals surface area contributed by atoms with Crippen molar-refractivity contribution in [2.75, 3.05) is 5.32 Å². The molecule has 1 aliphatic rings. The molecule has 0 radical (unpaired) electrons. The third kappa shape index (κ3) is 3.93. The Morgan fingerprint density at radius 3 is 2.39 bits per heavy atom. The van der Waals surface area contributed by atoms with Crippen LogP contribution in [0.25, 0.3) is 11.0 Å². The van der Waals surface area contributed by atoms with E-state index in [2.05, 4.69) is 10.3 Å². The molecule has 1 aliphatic carbocycles. The highest BCUT2D eigenvalue weighted by molar-refractivity contribution is 5.80. The van der Waals surface area contributed by atoms with E-state index in [0.717, 1.165) is 22.4 Å². The van der Waals surface area contributed by atoms with Gasteiger partial charge in [0, 0.05) is 17.9 Å². The van der Waals surface area contributed by atoms with Crippen molar-refractivity contribution in [1.29, 1.82) is 0 Å². The number of nitrogens with one attached hydrogen (secondary N) is 2. The zero-order chi connectivity index (χ0) is 19.7. The number of benzene rings is 2. The van der Waals surface area contributed by atoms with E-state index in [1.165, 1.54) is 0 Å². The fourth-order valence-corrected chi connectivity index (χ4v) is 4.04. The van der Waals surface area contributed by atoms with Crippen molar-refractivity contribution in [3.05, 3.63) is 59.0 Å². The van der Waals surface area contributed by atoms with Crippen molar-refractivity contribution in [2.24, 2.45) is 11.8 Å². The van der Waals surface area contributed by atoms with Gasteiger partial charge in [-0.15, -0.1) is 0 Å². The Morgan fingerprint density at radius 2 is 1.71 bits per heavy atom. The summed E-state index contributed by atoms with van der Waals surface area (Å²) < 4.78 is 40.2. The van der Waals surface area contributed by atoms with Crippen LogP contribution in [0, 0.1) is 11.8 Å². The van der Waals surface area contributed by atoms with Crippen LogP contribution in [0.5, 0.6) is 0 Å². The van der Waals surface area contributed by atoms with Gasteiger partial charge in [0.25, 0.3) is 0 Å². The molecule has 0 aliphatic heterocycles. The first-order valence-corrected chi connectivity index (χ1v) is 9.51. The summed E-state index contributed by atoms with van der Waals surface area (Å²) in [4.78, 5) is 15.3. The van der Waals surface area contributed by atoms with Crippen LogP contribution >= 0.6 is 0 Å². The second-order valence-corrected chi connectivity index (χ2v) is 7.52. The average Bonchev–Trinajstić information content (AvgIpc) is 2.97. The standard InChI is InChI=1S/C21H22F3N3O/c22-21(23,24)15-8-6-14(7-9-15)13-27-19-11-10-17(12-18(19)26-20(27)28)25-16-4-2-1-3-5-16/h1-5,10-12,14-15,25H,6-9,13H2,(H,26,28). The zero-order valence-electron chi connectivity index (χ0n) is 15.3. The van der Waals surface area contributed by atoms with Crippen LogP contribution in [0.4, 0.5) is 24.5 Å². The summed E-state index contributed by atoms with van der Waals surface area (Å²) in [5, 5.41) is 3.29. The third-order valence-electron chi connectivity index (χ3n) is 5.59. The maximum atomic E-state index is 12.8. The number of hydrogen-bond acceptors (Lipinski definition) is 2. The Bertz CT molecular complexity index is 999. The number of aromatic amines is 1. The van der Waals surface area contributed by atoms with Crippen LogP contribution in [-0.2, 0) is 6.54 Å². The number of fused-ring (bicyclic) bond motifs is 1. The van der Waals surface area contributed by atoms with Gasteiger partial charge >= 0.3 is 11.9 Å². The first kappa shape index (κ1) is 18.7. The first-order valence-electron chi connectivity index (χ1n) is 9.51. The molecule has 1 saturated carbocycles. The number of alkyl halides is 3. The van der Waals surface area contributed by atoms with Gasteiger partial charge in [0.15, 0.2) is 0 Å². The van der Waals surface area contributed by atoms with Crippen LogP contribution in [0.15, 0.2) is 53.3 Å². The molecule has 2 aromatic carbocycles. The minimum Gasteiger partial charge on any atom is -0.355 e. The van der Waals surface area contributed by atoms with Gasteiger partial charge in [-0.05, 0) is 61.9 Å². The summed E-state index contributed by atoms with van der Waals surface area (Å²) in [6.07, 6.45) is -2.81. The van der Waals surface area contributed by atoms with Gasteiger partial charge < -0.3 is 10.3 Å². The van der Waals surface area contributed by atoms with Gasteiger partial charge in [-0.1, -0.05) is 18.2 Å². The molecule has 2 N–H and O–H groups in total. The molecule has 0 bridgehead atoms.